The van der Waals surface area contributed by atoms with Crippen LogP contribution in [0, 0.1) is 11.6 Å². The zero-order valence-corrected chi connectivity index (χ0v) is 14.4. The third kappa shape index (κ3) is 2.71. The molecule has 0 saturated carbocycles. The van der Waals surface area contributed by atoms with Gasteiger partial charge in [-0.25, -0.2) is 17.2 Å². The Hall–Kier alpha value is -2.58. The largest absolute Gasteiger partial charge is 0.348 e. The fraction of sp³-hybridized carbons (Fsp3) is 0.167. The molecule has 1 aliphatic rings. The molecule has 0 bridgehead atoms. The molecule has 0 amide bonds. The molecule has 4 rings (SSSR count). The van der Waals surface area contributed by atoms with Gasteiger partial charge in [0.05, 0.1) is 6.04 Å². The number of halogens is 2. The van der Waals surface area contributed by atoms with Gasteiger partial charge in [-0.05, 0) is 42.0 Å². The van der Waals surface area contributed by atoms with Crippen molar-refractivity contribution in [2.24, 2.45) is 0 Å². The van der Waals surface area contributed by atoms with Crippen LogP contribution in [0.5, 0.6) is 0 Å². The SMILES string of the molecule is O=S(=O)(c1ccc(F)cc1F)N1CCn2cccc2C1c1ccncc1. The second kappa shape index (κ2) is 6.30. The van der Waals surface area contributed by atoms with Crippen molar-refractivity contribution in [3.63, 3.8) is 0 Å². The Kier molecular flexibility index (Phi) is 4.08. The van der Waals surface area contributed by atoms with Crippen LogP contribution in [0.25, 0.3) is 0 Å². The number of pyridine rings is 1. The monoisotopic (exact) mass is 375 g/mol. The Morgan fingerprint density at radius 1 is 1.04 bits per heavy atom. The fourth-order valence-electron chi connectivity index (χ4n) is 3.31. The third-order valence-corrected chi connectivity index (χ3v) is 6.39. The van der Waals surface area contributed by atoms with Crippen LogP contribution in [0.3, 0.4) is 0 Å². The predicted octanol–water partition coefficient (Wildman–Crippen LogP) is 2.96. The Labute approximate surface area is 149 Å². The molecule has 1 atom stereocenters. The van der Waals surface area contributed by atoms with Crippen LogP contribution in [0.1, 0.15) is 17.3 Å². The van der Waals surface area contributed by atoms with E-state index in [9.17, 15) is 17.2 Å². The van der Waals surface area contributed by atoms with Gasteiger partial charge in [0.25, 0.3) is 0 Å². The van der Waals surface area contributed by atoms with Gasteiger partial charge in [0.15, 0.2) is 0 Å². The molecule has 0 N–H and O–H groups in total. The molecule has 5 nitrogen and oxygen atoms in total. The van der Waals surface area contributed by atoms with E-state index in [1.165, 1.54) is 4.31 Å². The van der Waals surface area contributed by atoms with Crippen LogP contribution >= 0.6 is 0 Å². The molecule has 0 radical (unpaired) electrons. The van der Waals surface area contributed by atoms with Gasteiger partial charge < -0.3 is 4.57 Å². The number of aromatic nitrogens is 2. The fourth-order valence-corrected chi connectivity index (χ4v) is 4.94. The van der Waals surface area contributed by atoms with Crippen LogP contribution in [-0.2, 0) is 16.6 Å². The van der Waals surface area contributed by atoms with E-state index in [1.54, 1.807) is 24.5 Å². The summed E-state index contributed by atoms with van der Waals surface area (Å²) in [4.78, 5) is 3.45. The maximum atomic E-state index is 14.2. The summed E-state index contributed by atoms with van der Waals surface area (Å²) in [6.45, 7) is 0.625. The van der Waals surface area contributed by atoms with E-state index in [0.29, 0.717) is 12.6 Å². The van der Waals surface area contributed by atoms with E-state index in [0.717, 1.165) is 23.4 Å². The molecule has 0 fully saturated rings. The van der Waals surface area contributed by atoms with Crippen molar-refractivity contribution < 1.29 is 17.2 Å². The highest BCUT2D eigenvalue weighted by Crippen LogP contribution is 2.36. The third-order valence-electron chi connectivity index (χ3n) is 4.50. The number of sulfonamides is 1. The first-order valence-electron chi connectivity index (χ1n) is 8.00. The van der Waals surface area contributed by atoms with Crippen molar-refractivity contribution in [2.45, 2.75) is 17.5 Å². The van der Waals surface area contributed by atoms with Gasteiger partial charge >= 0.3 is 0 Å². The van der Waals surface area contributed by atoms with E-state index in [1.807, 2.05) is 22.9 Å². The summed E-state index contributed by atoms with van der Waals surface area (Å²) in [5.41, 5.74) is 1.51. The number of rotatable bonds is 3. The van der Waals surface area contributed by atoms with Crippen LogP contribution in [-0.4, -0.2) is 28.8 Å². The molecule has 0 aliphatic carbocycles. The lowest BCUT2D eigenvalue weighted by Gasteiger charge is -2.36. The van der Waals surface area contributed by atoms with E-state index < -0.39 is 32.6 Å². The summed E-state index contributed by atoms with van der Waals surface area (Å²) >= 11 is 0. The highest BCUT2D eigenvalue weighted by molar-refractivity contribution is 7.89. The average Bonchev–Trinajstić information content (AvgIpc) is 3.10. The lowest BCUT2D eigenvalue weighted by atomic mass is 10.0. The first-order valence-corrected chi connectivity index (χ1v) is 9.44. The van der Waals surface area contributed by atoms with Crippen molar-refractivity contribution in [3.05, 3.63) is 83.9 Å². The van der Waals surface area contributed by atoms with Crippen molar-refractivity contribution in [2.75, 3.05) is 6.54 Å². The predicted molar refractivity (Wildman–Crippen MR) is 90.8 cm³/mol. The van der Waals surface area contributed by atoms with Gasteiger partial charge in [0.2, 0.25) is 10.0 Å². The normalized spacial score (nSPS) is 17.8. The van der Waals surface area contributed by atoms with Gasteiger partial charge in [-0.15, -0.1) is 0 Å². The highest BCUT2D eigenvalue weighted by Gasteiger charge is 2.38. The summed E-state index contributed by atoms with van der Waals surface area (Å²) < 4.78 is 57.0. The topological polar surface area (TPSA) is 55.2 Å². The van der Waals surface area contributed by atoms with Gasteiger partial charge in [0.1, 0.15) is 16.5 Å². The zero-order chi connectivity index (χ0) is 18.3. The highest BCUT2D eigenvalue weighted by atomic mass is 32.2. The summed E-state index contributed by atoms with van der Waals surface area (Å²) in [6.07, 6.45) is 5.05. The molecule has 1 aromatic carbocycles. The summed E-state index contributed by atoms with van der Waals surface area (Å²) in [6, 6.07) is 9.04. The van der Waals surface area contributed by atoms with Crippen LogP contribution < -0.4 is 0 Å². The number of hydrogen-bond donors (Lipinski definition) is 0. The molecule has 8 heteroatoms. The van der Waals surface area contributed by atoms with Crippen molar-refractivity contribution in [1.82, 2.24) is 13.9 Å². The minimum atomic E-state index is -4.17. The summed E-state index contributed by atoms with van der Waals surface area (Å²) in [5.74, 6) is -1.92. The van der Waals surface area contributed by atoms with Gasteiger partial charge in [-0.2, -0.15) is 4.31 Å². The van der Waals surface area contributed by atoms with Crippen molar-refractivity contribution in [3.8, 4) is 0 Å². The quantitative estimate of drug-likeness (QED) is 0.707. The number of benzene rings is 1. The maximum absolute atomic E-state index is 14.2. The maximum Gasteiger partial charge on any atom is 0.246 e. The lowest BCUT2D eigenvalue weighted by molar-refractivity contribution is 0.297. The summed E-state index contributed by atoms with van der Waals surface area (Å²) in [5, 5.41) is 0. The molecular formula is C18H15F2N3O2S. The molecule has 0 saturated heterocycles. The molecule has 1 aliphatic heterocycles. The van der Waals surface area contributed by atoms with Crippen LogP contribution in [0.15, 0.2) is 66.0 Å². The molecule has 134 valence electrons. The Morgan fingerprint density at radius 3 is 2.54 bits per heavy atom. The molecule has 3 heterocycles. The van der Waals surface area contributed by atoms with Crippen LogP contribution in [0.4, 0.5) is 8.78 Å². The standard InChI is InChI=1S/C18H15F2N3O2S/c19-14-3-4-17(15(20)12-14)26(24,25)23-11-10-22-9-1-2-16(22)18(23)13-5-7-21-8-6-13/h1-9,12,18H,10-11H2. The minimum absolute atomic E-state index is 0.174. The zero-order valence-electron chi connectivity index (χ0n) is 13.6. The van der Waals surface area contributed by atoms with Gasteiger partial charge in [0, 0.05) is 43.4 Å². The first-order chi connectivity index (χ1) is 12.5. The average molecular weight is 375 g/mol. The lowest BCUT2D eigenvalue weighted by Crippen LogP contribution is -2.42. The van der Waals surface area contributed by atoms with E-state index in [-0.39, 0.29) is 6.54 Å². The van der Waals surface area contributed by atoms with Crippen molar-refractivity contribution in [1.29, 1.82) is 0 Å². The molecule has 1 unspecified atom stereocenters. The Morgan fingerprint density at radius 2 is 1.81 bits per heavy atom. The van der Waals surface area contributed by atoms with E-state index in [2.05, 4.69) is 4.98 Å². The van der Waals surface area contributed by atoms with Crippen LogP contribution in [0.2, 0.25) is 0 Å². The molecular weight excluding hydrogens is 360 g/mol. The van der Waals surface area contributed by atoms with E-state index in [4.69, 9.17) is 0 Å². The number of nitrogens with zero attached hydrogens (tertiary/aromatic N) is 3. The van der Waals surface area contributed by atoms with Crippen molar-refractivity contribution >= 4 is 10.0 Å². The van der Waals surface area contributed by atoms with Gasteiger partial charge in [-0.1, -0.05) is 0 Å². The van der Waals surface area contributed by atoms with E-state index >= 15 is 0 Å². The summed E-state index contributed by atoms with van der Waals surface area (Å²) in [7, 11) is -4.17. The number of hydrogen-bond acceptors (Lipinski definition) is 3. The smallest absolute Gasteiger partial charge is 0.246 e. The minimum Gasteiger partial charge on any atom is -0.348 e. The first kappa shape index (κ1) is 16.9. The second-order valence-electron chi connectivity index (χ2n) is 6.00. The second-order valence-corrected chi connectivity index (χ2v) is 7.86. The molecule has 3 aromatic rings. The Bertz CT molecular complexity index is 1050. The molecule has 2 aromatic heterocycles. The van der Waals surface area contributed by atoms with Gasteiger partial charge in [-0.3, -0.25) is 4.98 Å². The molecule has 0 spiro atoms. The Balaban J connectivity index is 1.86. The number of fused-ring (bicyclic) bond motifs is 1. The molecule has 26 heavy (non-hydrogen) atoms.